The van der Waals surface area contributed by atoms with Crippen LogP contribution in [0.25, 0.3) is 0 Å². The molecule has 1 aromatic rings. The van der Waals surface area contributed by atoms with Crippen LogP contribution in [-0.4, -0.2) is 18.0 Å². The maximum Gasteiger partial charge on any atom is 0.443 e. The van der Waals surface area contributed by atoms with Crippen LogP contribution in [0.3, 0.4) is 0 Å². The molecular formula is C5H3F3NO3S2-. The molecule has 1 heterocycles. The molecule has 0 N–H and O–H groups in total. The van der Waals surface area contributed by atoms with Gasteiger partial charge in [-0.2, -0.15) is 13.2 Å². The lowest BCUT2D eigenvalue weighted by Gasteiger charge is -2.03. The van der Waals surface area contributed by atoms with E-state index in [1.165, 1.54) is 0 Å². The van der Waals surface area contributed by atoms with Gasteiger partial charge in [-0.25, -0.2) is 13.4 Å². The Morgan fingerprint density at radius 2 is 2.07 bits per heavy atom. The zero-order valence-corrected chi connectivity index (χ0v) is 8.04. The summed E-state index contributed by atoms with van der Waals surface area (Å²) in [6, 6.07) is 0. The molecule has 0 saturated heterocycles. The van der Waals surface area contributed by atoms with Gasteiger partial charge in [0, 0.05) is 5.38 Å². The molecule has 0 atom stereocenters. The number of thiazole rings is 1. The minimum absolute atomic E-state index is 0.258. The summed E-state index contributed by atoms with van der Waals surface area (Å²) >= 11 is 0.258. The van der Waals surface area contributed by atoms with E-state index >= 15 is 0 Å². The van der Waals surface area contributed by atoms with E-state index < -0.39 is 27.1 Å². The number of hydrogen-bond acceptors (Lipinski definition) is 5. The van der Waals surface area contributed by atoms with Gasteiger partial charge in [0.05, 0.1) is 11.4 Å². The van der Waals surface area contributed by atoms with Crippen molar-refractivity contribution in [3.8, 4) is 0 Å². The summed E-state index contributed by atoms with van der Waals surface area (Å²) in [7, 11) is -4.58. The summed E-state index contributed by atoms with van der Waals surface area (Å²) in [6.07, 6.45) is -4.60. The van der Waals surface area contributed by atoms with Crippen LogP contribution < -0.4 is 0 Å². The molecule has 0 fully saturated rings. The Labute approximate surface area is 81.1 Å². The van der Waals surface area contributed by atoms with Crippen molar-refractivity contribution in [2.24, 2.45) is 0 Å². The topological polar surface area (TPSA) is 70.1 Å². The third-order valence-corrected chi connectivity index (χ3v) is 2.70. The molecule has 0 aliphatic rings. The molecule has 4 nitrogen and oxygen atoms in total. The van der Waals surface area contributed by atoms with Gasteiger partial charge in [0.25, 0.3) is 0 Å². The van der Waals surface area contributed by atoms with Crippen molar-refractivity contribution in [3.05, 3.63) is 16.1 Å². The van der Waals surface area contributed by atoms with Crippen molar-refractivity contribution in [1.82, 2.24) is 4.98 Å². The Hall–Kier alpha value is -0.670. The maximum absolute atomic E-state index is 12.0. The van der Waals surface area contributed by atoms with Gasteiger partial charge in [-0.15, -0.1) is 11.3 Å². The third-order valence-electron chi connectivity index (χ3n) is 1.12. The smallest absolute Gasteiger partial charge is 0.443 e. The van der Waals surface area contributed by atoms with E-state index in [-0.39, 0.29) is 17.0 Å². The molecule has 14 heavy (non-hydrogen) atoms. The Bertz CT molecular complexity index is 422. The number of aromatic nitrogens is 1. The van der Waals surface area contributed by atoms with Gasteiger partial charge in [0.15, 0.2) is 5.01 Å². The molecule has 0 unspecified atom stereocenters. The Kier molecular flexibility index (Phi) is 2.83. The minimum Gasteiger partial charge on any atom is -0.748 e. The van der Waals surface area contributed by atoms with Crippen LogP contribution in [0.2, 0.25) is 0 Å². The summed E-state index contributed by atoms with van der Waals surface area (Å²) in [5, 5.41) is -0.255. The van der Waals surface area contributed by atoms with E-state index in [9.17, 15) is 26.1 Å². The highest BCUT2D eigenvalue weighted by molar-refractivity contribution is 7.84. The fourth-order valence-corrected chi connectivity index (χ4v) is 1.99. The van der Waals surface area contributed by atoms with Gasteiger partial charge in [-0.3, -0.25) is 0 Å². The first-order chi connectivity index (χ1) is 6.18. The van der Waals surface area contributed by atoms with E-state index in [0.29, 0.717) is 0 Å². The molecule has 0 aliphatic heterocycles. The van der Waals surface area contributed by atoms with Crippen molar-refractivity contribution in [1.29, 1.82) is 0 Å². The van der Waals surface area contributed by atoms with Gasteiger partial charge in [-0.1, -0.05) is 0 Å². The molecular weight excluding hydrogens is 243 g/mol. The Balaban J connectivity index is 2.90. The highest BCUT2D eigenvalue weighted by Crippen LogP contribution is 2.31. The van der Waals surface area contributed by atoms with Gasteiger partial charge in [-0.05, 0) is 0 Å². The average molecular weight is 246 g/mol. The summed E-state index contributed by atoms with van der Waals surface area (Å²) in [6.45, 7) is 0. The fourth-order valence-electron chi connectivity index (χ4n) is 0.685. The highest BCUT2D eigenvalue weighted by Gasteiger charge is 2.34. The van der Waals surface area contributed by atoms with Gasteiger partial charge >= 0.3 is 6.18 Å². The van der Waals surface area contributed by atoms with Crippen molar-refractivity contribution in [2.75, 3.05) is 0 Å². The van der Waals surface area contributed by atoms with Crippen LogP contribution in [0.4, 0.5) is 13.2 Å². The second-order valence-corrected chi connectivity index (χ2v) is 4.61. The van der Waals surface area contributed by atoms with Gasteiger partial charge in [0.2, 0.25) is 0 Å². The van der Waals surface area contributed by atoms with Crippen LogP contribution in [-0.2, 0) is 22.0 Å². The number of nitrogens with zero attached hydrogens (tertiary/aromatic N) is 1. The third kappa shape index (κ3) is 3.24. The second kappa shape index (κ2) is 3.48. The SMILES string of the molecule is O=S(=O)([O-])Cc1csc(C(F)(F)F)n1. The van der Waals surface area contributed by atoms with E-state index in [4.69, 9.17) is 0 Å². The largest absolute Gasteiger partial charge is 0.748 e. The molecule has 0 amide bonds. The van der Waals surface area contributed by atoms with Crippen molar-refractivity contribution in [3.63, 3.8) is 0 Å². The second-order valence-electron chi connectivity index (χ2n) is 2.34. The first-order valence-corrected chi connectivity index (χ1v) is 5.59. The lowest BCUT2D eigenvalue weighted by atomic mass is 10.6. The lowest BCUT2D eigenvalue weighted by molar-refractivity contribution is -0.137. The van der Waals surface area contributed by atoms with E-state index in [0.717, 1.165) is 5.38 Å². The monoisotopic (exact) mass is 246 g/mol. The molecule has 0 radical (unpaired) electrons. The van der Waals surface area contributed by atoms with E-state index in [2.05, 4.69) is 4.98 Å². The summed E-state index contributed by atoms with van der Waals surface area (Å²) in [5.74, 6) is -1.01. The van der Waals surface area contributed by atoms with E-state index in [1.54, 1.807) is 0 Å². The maximum atomic E-state index is 12.0. The number of hydrogen-bond donors (Lipinski definition) is 0. The first-order valence-electron chi connectivity index (χ1n) is 3.13. The Morgan fingerprint density at radius 3 is 2.43 bits per heavy atom. The van der Waals surface area contributed by atoms with Gasteiger partial charge < -0.3 is 4.55 Å². The van der Waals surface area contributed by atoms with Gasteiger partial charge in [0.1, 0.15) is 10.1 Å². The predicted molar refractivity (Wildman–Crippen MR) is 40.5 cm³/mol. The van der Waals surface area contributed by atoms with Crippen LogP contribution in [0, 0.1) is 0 Å². The molecule has 0 aliphatic carbocycles. The van der Waals surface area contributed by atoms with Crippen molar-refractivity contribution >= 4 is 21.5 Å². The summed E-state index contributed by atoms with van der Waals surface area (Å²) < 4.78 is 66.4. The molecule has 1 rings (SSSR count). The molecule has 80 valence electrons. The van der Waals surface area contributed by atoms with Crippen molar-refractivity contribution in [2.45, 2.75) is 11.9 Å². The number of halogens is 3. The highest BCUT2D eigenvalue weighted by atomic mass is 32.2. The lowest BCUT2D eigenvalue weighted by Crippen LogP contribution is -2.06. The molecule has 1 aromatic heterocycles. The first kappa shape index (κ1) is 11.4. The van der Waals surface area contributed by atoms with E-state index in [1.807, 2.05) is 0 Å². The predicted octanol–water partition coefficient (Wildman–Crippen LogP) is 1.21. The summed E-state index contributed by atoms with van der Waals surface area (Å²) in [4.78, 5) is 2.98. The van der Waals surface area contributed by atoms with Crippen LogP contribution in [0.1, 0.15) is 10.7 Å². The quantitative estimate of drug-likeness (QED) is 0.735. The Morgan fingerprint density at radius 1 is 1.50 bits per heavy atom. The van der Waals surface area contributed by atoms with Crippen LogP contribution in [0.15, 0.2) is 5.38 Å². The normalized spacial score (nSPS) is 13.1. The number of rotatable bonds is 2. The molecule has 0 spiro atoms. The van der Waals surface area contributed by atoms with Crippen molar-refractivity contribution < 1.29 is 26.1 Å². The minimum atomic E-state index is -4.60. The van der Waals surface area contributed by atoms with Crippen LogP contribution >= 0.6 is 11.3 Å². The molecule has 9 heteroatoms. The summed E-state index contributed by atoms with van der Waals surface area (Å²) in [5.41, 5.74) is -0.377. The standard InChI is InChI=1S/C5H4F3NO3S2/c6-5(7,8)4-9-3(1-13-4)2-14(10,11)12/h1H,2H2,(H,10,11,12)/p-1. The number of alkyl halides is 3. The fraction of sp³-hybridized carbons (Fsp3) is 0.400. The zero-order chi connectivity index (χ0) is 11.0. The zero-order valence-electron chi connectivity index (χ0n) is 6.41. The molecule has 0 aromatic carbocycles. The van der Waals surface area contributed by atoms with Crippen LogP contribution in [0.5, 0.6) is 0 Å². The molecule has 0 saturated carbocycles. The molecule has 0 bridgehead atoms. The average Bonchev–Trinajstić information content (AvgIpc) is 2.29.